The van der Waals surface area contributed by atoms with Crippen LogP contribution in [0.15, 0.2) is 24.3 Å². The van der Waals surface area contributed by atoms with Crippen molar-refractivity contribution < 1.29 is 14.7 Å². The molecule has 2 saturated heterocycles. The van der Waals surface area contributed by atoms with Gasteiger partial charge < -0.3 is 10.4 Å². The number of piperidine rings is 2. The lowest BCUT2D eigenvalue weighted by atomic mass is 9.85. The van der Waals surface area contributed by atoms with Crippen LogP contribution < -0.4 is 5.32 Å². The van der Waals surface area contributed by atoms with Crippen molar-refractivity contribution >= 4 is 11.5 Å². The number of hydrogen-bond donors (Lipinski definition) is 2. The molecular weight excluding hydrogens is 304 g/mol. The Bertz CT molecular complexity index is 590. The first-order valence-electron chi connectivity index (χ1n) is 9.11. The number of nitrogens with zero attached hydrogens (tertiary/aromatic N) is 1. The molecule has 3 aliphatic rings. The Morgan fingerprint density at radius 1 is 1.21 bits per heavy atom. The number of Topliss-reactive ketones (excluding diaryl/α,β-unsaturated/α-hetero) is 1. The minimum absolute atomic E-state index is 0.150. The van der Waals surface area contributed by atoms with Crippen molar-refractivity contribution in [3.63, 3.8) is 0 Å². The second kappa shape index (κ2) is 6.82. The van der Waals surface area contributed by atoms with Crippen molar-refractivity contribution in [3.8, 4) is 0 Å². The van der Waals surface area contributed by atoms with Crippen LogP contribution in [0.3, 0.4) is 0 Å². The number of fused-ring (bicyclic) bond motifs is 3. The smallest absolute Gasteiger partial charge is 0.160 e. The molecule has 2 bridgehead atoms. The fraction of sp³-hybridized carbons (Fsp3) is 0.632. The summed E-state index contributed by atoms with van der Waals surface area (Å²) in [6.45, 7) is 5.92. The molecule has 5 heteroatoms. The van der Waals surface area contributed by atoms with E-state index in [1.165, 1.54) is 0 Å². The Labute approximate surface area is 143 Å². The van der Waals surface area contributed by atoms with Gasteiger partial charge in [0, 0.05) is 36.2 Å². The molecule has 0 aliphatic carbocycles. The summed E-state index contributed by atoms with van der Waals surface area (Å²) in [6, 6.07) is 8.14. The van der Waals surface area contributed by atoms with E-state index in [9.17, 15) is 9.90 Å². The summed E-state index contributed by atoms with van der Waals surface area (Å²) in [5.74, 6) is 0.338. The summed E-state index contributed by atoms with van der Waals surface area (Å²) in [7, 11) is 0. The van der Waals surface area contributed by atoms with E-state index in [1.807, 2.05) is 50.1 Å². The van der Waals surface area contributed by atoms with E-state index in [2.05, 4.69) is 5.32 Å². The molecule has 4 atom stereocenters. The number of carbonyl (C=O) groups is 1. The molecule has 0 spiro atoms. The standard InChI is InChI=1S/C17H22N2O3.C2H6/c1-17(14-7-2-3-8-15(14)18-16(17)21)22-19-11-5-4-6-12(19)10-13(20)9-11;1-2/h2-3,7-8,11-12,16,18,21H,4-6,9-10H2,1H3;1-2H3. The van der Waals surface area contributed by atoms with E-state index in [1.54, 1.807) is 0 Å². The molecule has 4 rings (SSSR count). The topological polar surface area (TPSA) is 61.8 Å². The van der Waals surface area contributed by atoms with E-state index in [0.717, 1.165) is 30.5 Å². The molecule has 3 aliphatic heterocycles. The molecule has 0 radical (unpaired) electrons. The number of para-hydroxylation sites is 1. The number of aliphatic hydroxyl groups is 1. The minimum atomic E-state index is -0.815. The van der Waals surface area contributed by atoms with Gasteiger partial charge in [-0.2, -0.15) is 5.06 Å². The summed E-state index contributed by atoms with van der Waals surface area (Å²) in [4.78, 5) is 18.2. The average Bonchev–Trinajstić information content (AvgIpc) is 2.82. The number of anilines is 1. The van der Waals surface area contributed by atoms with Gasteiger partial charge in [0.15, 0.2) is 11.8 Å². The van der Waals surface area contributed by atoms with E-state index in [0.29, 0.717) is 18.6 Å². The summed E-state index contributed by atoms with van der Waals surface area (Å²) >= 11 is 0. The maximum absolute atomic E-state index is 11.9. The molecule has 4 unspecified atom stereocenters. The van der Waals surface area contributed by atoms with Crippen molar-refractivity contribution in [2.24, 2.45) is 0 Å². The number of hydroxylamine groups is 2. The zero-order chi connectivity index (χ0) is 17.3. The largest absolute Gasteiger partial charge is 0.370 e. The van der Waals surface area contributed by atoms with Gasteiger partial charge in [0.1, 0.15) is 5.78 Å². The van der Waals surface area contributed by atoms with Crippen molar-refractivity contribution in [1.29, 1.82) is 0 Å². The van der Waals surface area contributed by atoms with Gasteiger partial charge in [0.25, 0.3) is 0 Å². The molecule has 2 N–H and O–H groups in total. The molecule has 2 fully saturated rings. The maximum atomic E-state index is 11.9. The minimum Gasteiger partial charge on any atom is -0.370 e. The zero-order valence-electron chi connectivity index (χ0n) is 14.8. The van der Waals surface area contributed by atoms with Gasteiger partial charge in [-0.25, -0.2) is 0 Å². The maximum Gasteiger partial charge on any atom is 0.160 e. The van der Waals surface area contributed by atoms with Gasteiger partial charge in [0.2, 0.25) is 0 Å². The number of nitrogens with one attached hydrogen (secondary N) is 1. The van der Waals surface area contributed by atoms with Crippen LogP contribution in [0.5, 0.6) is 0 Å². The molecule has 3 heterocycles. The van der Waals surface area contributed by atoms with E-state index >= 15 is 0 Å². The van der Waals surface area contributed by atoms with Crippen LogP contribution in [0.1, 0.15) is 58.4 Å². The molecular formula is C19H28N2O3. The van der Waals surface area contributed by atoms with E-state index < -0.39 is 11.8 Å². The third-order valence-electron chi connectivity index (χ3n) is 5.29. The zero-order valence-corrected chi connectivity index (χ0v) is 14.8. The lowest BCUT2D eigenvalue weighted by Crippen LogP contribution is -2.56. The molecule has 132 valence electrons. The monoisotopic (exact) mass is 332 g/mol. The number of benzene rings is 1. The van der Waals surface area contributed by atoms with Gasteiger partial charge in [0.05, 0.1) is 0 Å². The van der Waals surface area contributed by atoms with Crippen LogP contribution in [-0.2, 0) is 15.2 Å². The van der Waals surface area contributed by atoms with Gasteiger partial charge >= 0.3 is 0 Å². The molecule has 24 heavy (non-hydrogen) atoms. The lowest BCUT2D eigenvalue weighted by Gasteiger charge is -2.47. The summed E-state index contributed by atoms with van der Waals surface area (Å²) in [5, 5.41) is 15.6. The number of carbonyl (C=O) groups excluding carboxylic acids is 1. The Kier molecular flexibility index (Phi) is 4.95. The third-order valence-corrected chi connectivity index (χ3v) is 5.29. The number of ketones is 1. The molecule has 1 aromatic carbocycles. The van der Waals surface area contributed by atoms with Gasteiger partial charge in [-0.3, -0.25) is 9.63 Å². The Balaban J connectivity index is 0.000000815. The van der Waals surface area contributed by atoms with E-state index in [-0.39, 0.29) is 12.1 Å². The molecule has 0 aromatic heterocycles. The Morgan fingerprint density at radius 2 is 1.83 bits per heavy atom. The van der Waals surface area contributed by atoms with Crippen molar-refractivity contribution in [2.75, 3.05) is 5.32 Å². The normalized spacial score (nSPS) is 34.8. The molecule has 0 saturated carbocycles. The van der Waals surface area contributed by atoms with Crippen LogP contribution in [0.2, 0.25) is 0 Å². The first-order valence-corrected chi connectivity index (χ1v) is 9.11. The first kappa shape index (κ1) is 17.4. The van der Waals surface area contributed by atoms with Crippen molar-refractivity contribution in [3.05, 3.63) is 29.8 Å². The highest BCUT2D eigenvalue weighted by Crippen LogP contribution is 2.44. The van der Waals surface area contributed by atoms with Crippen molar-refractivity contribution in [1.82, 2.24) is 5.06 Å². The molecule has 1 aromatic rings. The SMILES string of the molecule is CC.CC1(ON2C3CCCC2CC(=O)C3)c2ccccc2NC1O. The predicted molar refractivity (Wildman–Crippen MR) is 93.4 cm³/mol. The van der Waals surface area contributed by atoms with Crippen LogP contribution in [0.25, 0.3) is 0 Å². The Morgan fingerprint density at radius 3 is 2.50 bits per heavy atom. The van der Waals surface area contributed by atoms with Crippen LogP contribution >= 0.6 is 0 Å². The van der Waals surface area contributed by atoms with Crippen LogP contribution in [0, 0.1) is 0 Å². The molecule has 5 nitrogen and oxygen atoms in total. The van der Waals surface area contributed by atoms with Gasteiger partial charge in [-0.05, 0) is 25.8 Å². The van der Waals surface area contributed by atoms with Crippen LogP contribution in [0.4, 0.5) is 5.69 Å². The Hall–Kier alpha value is -1.43. The third kappa shape index (κ3) is 2.85. The average molecular weight is 332 g/mol. The highest BCUT2D eigenvalue weighted by Gasteiger charge is 2.49. The van der Waals surface area contributed by atoms with Crippen molar-refractivity contribution in [2.45, 2.75) is 76.8 Å². The molecule has 0 amide bonds. The van der Waals surface area contributed by atoms with Gasteiger partial charge in [-0.1, -0.05) is 38.5 Å². The second-order valence-corrected chi connectivity index (χ2v) is 6.84. The number of hydrogen-bond acceptors (Lipinski definition) is 5. The first-order chi connectivity index (χ1) is 11.6. The number of rotatable bonds is 2. The van der Waals surface area contributed by atoms with Crippen LogP contribution in [-0.4, -0.2) is 34.3 Å². The fourth-order valence-electron chi connectivity index (χ4n) is 4.08. The summed E-state index contributed by atoms with van der Waals surface area (Å²) in [6.07, 6.45) is 3.47. The van der Waals surface area contributed by atoms with E-state index in [4.69, 9.17) is 4.84 Å². The fourth-order valence-corrected chi connectivity index (χ4v) is 4.08. The van der Waals surface area contributed by atoms with Gasteiger partial charge in [-0.15, -0.1) is 0 Å². The summed E-state index contributed by atoms with van der Waals surface area (Å²) in [5.41, 5.74) is 1.07. The quantitative estimate of drug-likeness (QED) is 0.871. The highest BCUT2D eigenvalue weighted by atomic mass is 16.7. The lowest BCUT2D eigenvalue weighted by molar-refractivity contribution is -0.315. The second-order valence-electron chi connectivity index (χ2n) is 6.84. The predicted octanol–water partition coefficient (Wildman–Crippen LogP) is 3.19. The summed E-state index contributed by atoms with van der Waals surface area (Å²) < 4.78 is 0. The number of aliphatic hydroxyl groups excluding tert-OH is 1. The highest BCUT2D eigenvalue weighted by molar-refractivity contribution is 5.80.